The van der Waals surface area contributed by atoms with E-state index in [1.165, 1.54) is 0 Å². The van der Waals surface area contributed by atoms with Crippen LogP contribution in [0.1, 0.15) is 40.0 Å². The predicted molar refractivity (Wildman–Crippen MR) is 71.6 cm³/mol. The second-order valence-corrected chi connectivity index (χ2v) is 4.89. The summed E-state index contributed by atoms with van der Waals surface area (Å²) in [6.07, 6.45) is 2.30. The zero-order chi connectivity index (χ0) is 15.3. The van der Waals surface area contributed by atoms with E-state index < -0.39 is 30.3 Å². The topological polar surface area (TPSA) is 86.8 Å². The number of imide groups is 2. The van der Waals surface area contributed by atoms with Crippen molar-refractivity contribution in [2.75, 3.05) is 13.1 Å². The van der Waals surface area contributed by atoms with Crippen molar-refractivity contribution >= 4 is 23.8 Å². The highest BCUT2D eigenvalue weighted by Crippen LogP contribution is 2.12. The number of hydrogen-bond acceptors (Lipinski definition) is 4. The van der Waals surface area contributed by atoms with Crippen LogP contribution in [0, 0.1) is 0 Å². The Balaban J connectivity index is 2.63. The van der Waals surface area contributed by atoms with Crippen LogP contribution in [0.15, 0.2) is 0 Å². The van der Waals surface area contributed by atoms with Gasteiger partial charge >= 0.3 is 17.8 Å². The van der Waals surface area contributed by atoms with Gasteiger partial charge in [0.2, 0.25) is 5.91 Å². The number of carbonyl (C=O) groups excluding carboxylic acids is 4. The lowest BCUT2D eigenvalue weighted by Gasteiger charge is -2.17. The minimum atomic E-state index is -0.929. The monoisotopic (exact) mass is 283 g/mol. The fraction of sp³-hybridized carbons (Fsp3) is 0.692. The molecule has 1 N–H and O–H groups in total. The average molecular weight is 283 g/mol. The molecule has 1 atom stereocenters. The molecule has 1 fully saturated rings. The molecule has 0 aromatic carbocycles. The molecule has 0 aromatic rings. The van der Waals surface area contributed by atoms with Gasteiger partial charge in [-0.25, -0.2) is 9.69 Å². The van der Waals surface area contributed by atoms with Gasteiger partial charge < -0.3 is 5.32 Å². The molecule has 112 valence electrons. The van der Waals surface area contributed by atoms with Gasteiger partial charge in [0.25, 0.3) is 0 Å². The van der Waals surface area contributed by atoms with E-state index in [-0.39, 0.29) is 12.6 Å². The molecule has 7 heteroatoms. The Kier molecular flexibility index (Phi) is 5.66. The van der Waals surface area contributed by atoms with Crippen molar-refractivity contribution in [3.05, 3.63) is 0 Å². The maximum atomic E-state index is 11.9. The number of carbonyl (C=O) groups is 4. The molecule has 0 aliphatic carbocycles. The smallest absolute Gasteiger partial charge is 0.334 e. The van der Waals surface area contributed by atoms with Crippen LogP contribution < -0.4 is 5.32 Å². The fourth-order valence-corrected chi connectivity index (χ4v) is 2.08. The average Bonchev–Trinajstić information content (AvgIpc) is 2.57. The SMILES string of the molecule is CCC[C@H](C)NC(=O)CN1C(=O)C(=O)N(CCC)C1=O. The molecule has 0 bridgehead atoms. The van der Waals surface area contributed by atoms with Crippen molar-refractivity contribution in [1.82, 2.24) is 15.1 Å². The van der Waals surface area contributed by atoms with Crippen LogP contribution in [0.25, 0.3) is 0 Å². The highest BCUT2D eigenvalue weighted by atomic mass is 16.2. The molecule has 0 spiro atoms. The molecule has 1 saturated heterocycles. The van der Waals surface area contributed by atoms with E-state index in [0.29, 0.717) is 11.3 Å². The first-order valence-electron chi connectivity index (χ1n) is 6.89. The zero-order valence-electron chi connectivity index (χ0n) is 12.1. The number of nitrogens with zero attached hydrogens (tertiary/aromatic N) is 2. The molecule has 1 aliphatic rings. The van der Waals surface area contributed by atoms with Gasteiger partial charge in [0.1, 0.15) is 6.54 Å². The maximum absolute atomic E-state index is 11.9. The molecule has 1 aliphatic heterocycles. The Morgan fingerprint density at radius 3 is 2.25 bits per heavy atom. The minimum absolute atomic E-state index is 0.0252. The molecule has 0 aromatic heterocycles. The number of rotatable bonds is 7. The van der Waals surface area contributed by atoms with Crippen molar-refractivity contribution in [3.8, 4) is 0 Å². The van der Waals surface area contributed by atoms with Gasteiger partial charge in [-0.2, -0.15) is 0 Å². The van der Waals surface area contributed by atoms with E-state index in [9.17, 15) is 19.2 Å². The first-order chi connectivity index (χ1) is 9.42. The molecule has 0 saturated carbocycles. The summed E-state index contributed by atoms with van der Waals surface area (Å²) in [6, 6.07) is -0.733. The summed E-state index contributed by atoms with van der Waals surface area (Å²) in [5, 5.41) is 2.70. The Labute approximate surface area is 118 Å². The predicted octanol–water partition coefficient (Wildman–Crippen LogP) is 0.492. The molecule has 0 radical (unpaired) electrons. The number of amides is 5. The summed E-state index contributed by atoms with van der Waals surface area (Å²) in [5.74, 6) is -2.22. The number of hydrogen-bond donors (Lipinski definition) is 1. The summed E-state index contributed by atoms with van der Waals surface area (Å²) >= 11 is 0. The van der Waals surface area contributed by atoms with Gasteiger partial charge in [0, 0.05) is 12.6 Å². The van der Waals surface area contributed by atoms with Crippen LogP contribution >= 0.6 is 0 Å². The highest BCUT2D eigenvalue weighted by Gasteiger charge is 2.44. The van der Waals surface area contributed by atoms with Crippen LogP contribution in [-0.4, -0.2) is 52.7 Å². The van der Waals surface area contributed by atoms with Crippen LogP contribution in [0.3, 0.4) is 0 Å². The molecule has 20 heavy (non-hydrogen) atoms. The summed E-state index contributed by atoms with van der Waals surface area (Å²) in [6.45, 7) is 5.43. The van der Waals surface area contributed by atoms with Gasteiger partial charge in [-0.3, -0.25) is 19.3 Å². The van der Waals surface area contributed by atoms with E-state index in [1.807, 2.05) is 13.8 Å². The quantitative estimate of drug-likeness (QED) is 0.544. The molecule has 7 nitrogen and oxygen atoms in total. The number of nitrogens with one attached hydrogen (secondary N) is 1. The van der Waals surface area contributed by atoms with Crippen molar-refractivity contribution in [2.24, 2.45) is 0 Å². The third kappa shape index (κ3) is 3.55. The Hall–Kier alpha value is -1.92. The molecule has 0 unspecified atom stereocenters. The summed E-state index contributed by atoms with van der Waals surface area (Å²) in [7, 11) is 0. The zero-order valence-corrected chi connectivity index (χ0v) is 12.1. The fourth-order valence-electron chi connectivity index (χ4n) is 2.08. The molecule has 5 amide bonds. The van der Waals surface area contributed by atoms with E-state index >= 15 is 0 Å². The van der Waals surface area contributed by atoms with E-state index in [0.717, 1.165) is 17.7 Å². The van der Waals surface area contributed by atoms with Gasteiger partial charge in [-0.1, -0.05) is 20.3 Å². The first kappa shape index (κ1) is 16.1. The van der Waals surface area contributed by atoms with Crippen molar-refractivity contribution in [1.29, 1.82) is 0 Å². The maximum Gasteiger partial charge on any atom is 0.334 e. The lowest BCUT2D eigenvalue weighted by atomic mass is 10.2. The lowest BCUT2D eigenvalue weighted by molar-refractivity contribution is -0.144. The van der Waals surface area contributed by atoms with Crippen LogP contribution in [0.4, 0.5) is 4.79 Å². The molecular formula is C13H21N3O4. The molecule has 1 heterocycles. The van der Waals surface area contributed by atoms with Gasteiger partial charge in [-0.15, -0.1) is 0 Å². The molecular weight excluding hydrogens is 262 g/mol. The van der Waals surface area contributed by atoms with Crippen molar-refractivity contribution < 1.29 is 19.2 Å². The summed E-state index contributed by atoms with van der Waals surface area (Å²) < 4.78 is 0. The van der Waals surface area contributed by atoms with Crippen LogP contribution in [-0.2, 0) is 14.4 Å². The Morgan fingerprint density at radius 2 is 1.70 bits per heavy atom. The summed E-state index contributed by atoms with van der Waals surface area (Å²) in [5.41, 5.74) is 0. The van der Waals surface area contributed by atoms with Gasteiger partial charge in [-0.05, 0) is 19.8 Å². The lowest BCUT2D eigenvalue weighted by Crippen LogP contribution is -2.44. The Bertz CT molecular complexity index is 422. The van der Waals surface area contributed by atoms with Crippen molar-refractivity contribution in [2.45, 2.75) is 46.1 Å². The number of urea groups is 1. The van der Waals surface area contributed by atoms with E-state index in [2.05, 4.69) is 5.32 Å². The standard InChI is InChI=1S/C13H21N3O4/c1-4-6-9(3)14-10(17)8-16-12(19)11(18)15(7-5-2)13(16)20/h9H,4-8H2,1-3H3,(H,14,17)/t9-/m0/s1. The van der Waals surface area contributed by atoms with Crippen LogP contribution in [0.5, 0.6) is 0 Å². The second-order valence-electron chi connectivity index (χ2n) is 4.89. The molecule has 1 rings (SSSR count). The largest absolute Gasteiger partial charge is 0.352 e. The minimum Gasteiger partial charge on any atom is -0.352 e. The van der Waals surface area contributed by atoms with E-state index in [1.54, 1.807) is 6.92 Å². The van der Waals surface area contributed by atoms with Crippen molar-refractivity contribution in [3.63, 3.8) is 0 Å². The Morgan fingerprint density at radius 1 is 1.10 bits per heavy atom. The van der Waals surface area contributed by atoms with Crippen LogP contribution in [0.2, 0.25) is 0 Å². The second kappa shape index (κ2) is 7.02. The normalized spacial score (nSPS) is 16.9. The third-order valence-corrected chi connectivity index (χ3v) is 3.01. The first-order valence-corrected chi connectivity index (χ1v) is 6.89. The van der Waals surface area contributed by atoms with Gasteiger partial charge in [0.05, 0.1) is 0 Å². The highest BCUT2D eigenvalue weighted by molar-refractivity contribution is 6.45. The third-order valence-electron chi connectivity index (χ3n) is 3.01. The van der Waals surface area contributed by atoms with E-state index in [4.69, 9.17) is 0 Å². The van der Waals surface area contributed by atoms with Gasteiger partial charge in [0.15, 0.2) is 0 Å². The summed E-state index contributed by atoms with van der Waals surface area (Å²) in [4.78, 5) is 48.5.